The number of hydrogen-bond donors (Lipinski definition) is 1. The molecule has 1 rings (SSSR count). The van der Waals surface area contributed by atoms with E-state index in [2.05, 4.69) is 25.8 Å². The lowest BCUT2D eigenvalue weighted by molar-refractivity contribution is -0.117. The van der Waals surface area contributed by atoms with E-state index in [1.165, 1.54) is 0 Å². The minimum atomic E-state index is -0.170. The molecule has 0 radical (unpaired) electrons. The number of carbonyl (C=O) groups excluding carboxylic acids is 1. The number of carbonyl (C=O) groups is 1. The third-order valence-corrected chi connectivity index (χ3v) is 4.02. The standard InChI is InChI=1S/C13H25NO2/c1-4-13(5-2,10-15)9-14(3)8-11-6-12(16)7-11/h10-12,16H,4-9H2,1-3H3. The summed E-state index contributed by atoms with van der Waals surface area (Å²) in [6.07, 6.45) is 4.72. The van der Waals surface area contributed by atoms with Crippen LogP contribution in [-0.2, 0) is 4.79 Å². The van der Waals surface area contributed by atoms with Crippen molar-refractivity contribution in [3.63, 3.8) is 0 Å². The maximum atomic E-state index is 11.2. The summed E-state index contributed by atoms with van der Waals surface area (Å²) in [5, 5.41) is 9.23. The second kappa shape index (κ2) is 5.78. The van der Waals surface area contributed by atoms with Crippen molar-refractivity contribution in [1.82, 2.24) is 4.90 Å². The molecule has 1 aliphatic carbocycles. The third-order valence-electron chi connectivity index (χ3n) is 4.02. The Morgan fingerprint density at radius 1 is 1.38 bits per heavy atom. The van der Waals surface area contributed by atoms with Gasteiger partial charge in [0.05, 0.1) is 6.10 Å². The van der Waals surface area contributed by atoms with Crippen LogP contribution in [0, 0.1) is 11.3 Å². The van der Waals surface area contributed by atoms with E-state index in [4.69, 9.17) is 0 Å². The molecule has 0 aromatic rings. The molecule has 0 heterocycles. The lowest BCUT2D eigenvalue weighted by atomic mass is 9.80. The maximum Gasteiger partial charge on any atom is 0.127 e. The van der Waals surface area contributed by atoms with Crippen LogP contribution in [0.2, 0.25) is 0 Å². The fourth-order valence-corrected chi connectivity index (χ4v) is 2.57. The van der Waals surface area contributed by atoms with Gasteiger partial charge < -0.3 is 14.8 Å². The van der Waals surface area contributed by atoms with Gasteiger partial charge in [-0.2, -0.15) is 0 Å². The lowest BCUT2D eigenvalue weighted by Crippen LogP contribution is -2.42. The Morgan fingerprint density at radius 3 is 2.31 bits per heavy atom. The molecule has 1 saturated carbocycles. The second-order valence-electron chi connectivity index (χ2n) is 5.38. The third kappa shape index (κ3) is 3.29. The van der Waals surface area contributed by atoms with Gasteiger partial charge in [0.1, 0.15) is 6.29 Å². The Labute approximate surface area is 98.8 Å². The van der Waals surface area contributed by atoms with Gasteiger partial charge in [0.15, 0.2) is 0 Å². The van der Waals surface area contributed by atoms with Crippen LogP contribution in [0.3, 0.4) is 0 Å². The van der Waals surface area contributed by atoms with E-state index in [9.17, 15) is 9.90 Å². The molecule has 0 spiro atoms. The van der Waals surface area contributed by atoms with Gasteiger partial charge in [-0.05, 0) is 38.6 Å². The molecular weight excluding hydrogens is 202 g/mol. The normalized spacial score (nSPS) is 25.6. The average molecular weight is 227 g/mol. The summed E-state index contributed by atoms with van der Waals surface area (Å²) >= 11 is 0. The first-order chi connectivity index (χ1) is 7.55. The van der Waals surface area contributed by atoms with Crippen LogP contribution in [0.25, 0.3) is 0 Å². The van der Waals surface area contributed by atoms with Crippen LogP contribution in [0.15, 0.2) is 0 Å². The molecule has 0 atom stereocenters. The fourth-order valence-electron chi connectivity index (χ4n) is 2.57. The van der Waals surface area contributed by atoms with Crippen LogP contribution in [0.4, 0.5) is 0 Å². The van der Waals surface area contributed by atoms with Crippen molar-refractivity contribution in [2.75, 3.05) is 20.1 Å². The van der Waals surface area contributed by atoms with E-state index in [1.807, 2.05) is 0 Å². The monoisotopic (exact) mass is 227 g/mol. The van der Waals surface area contributed by atoms with E-state index in [1.54, 1.807) is 0 Å². The summed E-state index contributed by atoms with van der Waals surface area (Å²) in [6, 6.07) is 0. The molecular formula is C13H25NO2. The summed E-state index contributed by atoms with van der Waals surface area (Å²) in [5.74, 6) is 0.623. The first kappa shape index (κ1) is 13.7. The Bertz CT molecular complexity index is 220. The Balaban J connectivity index is 2.36. The molecule has 3 nitrogen and oxygen atoms in total. The zero-order valence-corrected chi connectivity index (χ0v) is 10.8. The zero-order valence-electron chi connectivity index (χ0n) is 10.8. The number of nitrogens with zero attached hydrogens (tertiary/aromatic N) is 1. The zero-order chi connectivity index (χ0) is 12.2. The molecule has 0 unspecified atom stereocenters. The summed E-state index contributed by atoms with van der Waals surface area (Å²) in [7, 11) is 2.08. The molecule has 16 heavy (non-hydrogen) atoms. The fraction of sp³-hybridized carbons (Fsp3) is 0.923. The smallest absolute Gasteiger partial charge is 0.127 e. The minimum absolute atomic E-state index is 0.0772. The van der Waals surface area contributed by atoms with E-state index in [0.29, 0.717) is 5.92 Å². The summed E-state index contributed by atoms with van der Waals surface area (Å²) < 4.78 is 0. The molecule has 1 fully saturated rings. The Hall–Kier alpha value is -0.410. The Kier molecular flexibility index (Phi) is 4.93. The van der Waals surface area contributed by atoms with Crippen LogP contribution in [0.5, 0.6) is 0 Å². The molecule has 1 aliphatic rings. The first-order valence-electron chi connectivity index (χ1n) is 6.38. The largest absolute Gasteiger partial charge is 0.393 e. The van der Waals surface area contributed by atoms with Crippen molar-refractivity contribution < 1.29 is 9.90 Å². The number of rotatable bonds is 7. The predicted molar refractivity (Wildman–Crippen MR) is 65.3 cm³/mol. The molecule has 94 valence electrons. The van der Waals surface area contributed by atoms with Crippen molar-refractivity contribution in [1.29, 1.82) is 0 Å². The first-order valence-corrected chi connectivity index (χ1v) is 6.38. The summed E-state index contributed by atoms with van der Waals surface area (Å²) in [6.45, 7) is 6.01. The van der Waals surface area contributed by atoms with Crippen molar-refractivity contribution in [3.8, 4) is 0 Å². The van der Waals surface area contributed by atoms with E-state index in [-0.39, 0.29) is 11.5 Å². The number of aliphatic hydroxyl groups excluding tert-OH is 1. The highest BCUT2D eigenvalue weighted by atomic mass is 16.3. The SMILES string of the molecule is CCC(C=O)(CC)CN(C)CC1CC(O)C1. The van der Waals surface area contributed by atoms with Gasteiger partial charge >= 0.3 is 0 Å². The van der Waals surface area contributed by atoms with Gasteiger partial charge in [-0.3, -0.25) is 0 Å². The van der Waals surface area contributed by atoms with E-state index >= 15 is 0 Å². The van der Waals surface area contributed by atoms with Crippen LogP contribution in [0.1, 0.15) is 39.5 Å². The maximum absolute atomic E-state index is 11.2. The molecule has 0 bridgehead atoms. The van der Waals surface area contributed by atoms with Crippen molar-refractivity contribution in [2.24, 2.45) is 11.3 Å². The van der Waals surface area contributed by atoms with Crippen molar-refractivity contribution in [3.05, 3.63) is 0 Å². The van der Waals surface area contributed by atoms with E-state index in [0.717, 1.165) is 45.1 Å². The predicted octanol–water partition coefficient (Wildman–Crippen LogP) is 1.69. The molecule has 0 aromatic heterocycles. The van der Waals surface area contributed by atoms with Gasteiger partial charge in [-0.25, -0.2) is 0 Å². The van der Waals surface area contributed by atoms with Gasteiger partial charge in [-0.15, -0.1) is 0 Å². The molecule has 0 saturated heterocycles. The van der Waals surface area contributed by atoms with Gasteiger partial charge in [-0.1, -0.05) is 13.8 Å². The quantitative estimate of drug-likeness (QED) is 0.673. The number of aliphatic hydroxyl groups is 1. The van der Waals surface area contributed by atoms with Gasteiger partial charge in [0.25, 0.3) is 0 Å². The van der Waals surface area contributed by atoms with Crippen LogP contribution < -0.4 is 0 Å². The molecule has 0 aromatic carbocycles. The topological polar surface area (TPSA) is 40.5 Å². The summed E-state index contributed by atoms with van der Waals surface area (Å²) in [5.41, 5.74) is -0.170. The Morgan fingerprint density at radius 2 is 1.94 bits per heavy atom. The van der Waals surface area contributed by atoms with Gasteiger partial charge in [0.2, 0.25) is 0 Å². The number of hydrogen-bond acceptors (Lipinski definition) is 3. The highest BCUT2D eigenvalue weighted by molar-refractivity contribution is 5.59. The molecule has 1 N–H and O–H groups in total. The number of aldehydes is 1. The molecule has 0 aliphatic heterocycles. The minimum Gasteiger partial charge on any atom is -0.393 e. The van der Waals surface area contributed by atoms with Crippen molar-refractivity contribution in [2.45, 2.75) is 45.6 Å². The van der Waals surface area contributed by atoms with Gasteiger partial charge in [0, 0.05) is 18.5 Å². The highest BCUT2D eigenvalue weighted by Gasteiger charge is 2.31. The highest BCUT2D eigenvalue weighted by Crippen LogP contribution is 2.30. The molecule has 0 amide bonds. The van der Waals surface area contributed by atoms with Crippen LogP contribution >= 0.6 is 0 Å². The lowest BCUT2D eigenvalue weighted by Gasteiger charge is -2.37. The second-order valence-corrected chi connectivity index (χ2v) is 5.38. The summed E-state index contributed by atoms with van der Waals surface area (Å²) in [4.78, 5) is 13.4. The average Bonchev–Trinajstić information content (AvgIpc) is 2.24. The van der Waals surface area contributed by atoms with E-state index < -0.39 is 0 Å². The van der Waals surface area contributed by atoms with Crippen LogP contribution in [-0.4, -0.2) is 42.5 Å². The molecule has 3 heteroatoms. The van der Waals surface area contributed by atoms with Crippen molar-refractivity contribution >= 4 is 6.29 Å².